The topological polar surface area (TPSA) is 20.2 Å². The summed E-state index contributed by atoms with van der Waals surface area (Å²) in [4.78, 5) is 0. The molecule has 2 bridgehead atoms. The monoisotopic (exact) mass is 206 g/mol. The first-order valence-corrected chi connectivity index (χ1v) is 6.11. The average Bonchev–Trinajstić information content (AvgIpc) is 2.75. The van der Waals surface area contributed by atoms with Gasteiger partial charge in [-0.05, 0) is 49.0 Å². The molecular formula is C14H22O. The molecule has 1 heteroatoms. The van der Waals surface area contributed by atoms with Crippen molar-refractivity contribution in [1.82, 2.24) is 0 Å². The molecule has 0 spiro atoms. The second-order valence-corrected chi connectivity index (χ2v) is 5.51. The van der Waals surface area contributed by atoms with Crippen LogP contribution in [-0.4, -0.2) is 11.2 Å². The van der Waals surface area contributed by atoms with E-state index >= 15 is 0 Å². The highest BCUT2D eigenvalue weighted by molar-refractivity contribution is 5.23. The Morgan fingerprint density at radius 2 is 2.33 bits per heavy atom. The quantitative estimate of drug-likeness (QED) is 0.702. The molecule has 1 fully saturated rings. The van der Waals surface area contributed by atoms with Crippen LogP contribution in [-0.2, 0) is 0 Å². The van der Waals surface area contributed by atoms with Crippen molar-refractivity contribution in [2.45, 2.75) is 46.1 Å². The van der Waals surface area contributed by atoms with Gasteiger partial charge in [-0.3, -0.25) is 0 Å². The fourth-order valence-electron chi connectivity index (χ4n) is 3.24. The number of allylic oxidation sites excluding steroid dienone is 3. The standard InChI is InChI=1S/C14H22O/c1-4-13(15)10(2)8-14(3)9-11-5-6-12(14)7-11/h5-6,8,11-13,15H,4,7,9H2,1-3H3/b10-8+. The smallest absolute Gasteiger partial charge is 0.0745 e. The molecule has 2 aliphatic carbocycles. The summed E-state index contributed by atoms with van der Waals surface area (Å²) in [6, 6.07) is 0. The van der Waals surface area contributed by atoms with E-state index in [1.807, 2.05) is 6.92 Å². The van der Waals surface area contributed by atoms with Crippen LogP contribution in [0.2, 0.25) is 0 Å². The van der Waals surface area contributed by atoms with Gasteiger partial charge in [0.1, 0.15) is 0 Å². The Balaban J connectivity index is 2.14. The molecule has 0 amide bonds. The number of aliphatic hydroxyl groups is 1. The van der Waals surface area contributed by atoms with Crippen LogP contribution in [0.5, 0.6) is 0 Å². The zero-order valence-electron chi connectivity index (χ0n) is 10.0. The maximum atomic E-state index is 9.79. The lowest BCUT2D eigenvalue weighted by Crippen LogP contribution is -2.21. The molecule has 84 valence electrons. The van der Waals surface area contributed by atoms with Gasteiger partial charge in [0.15, 0.2) is 0 Å². The summed E-state index contributed by atoms with van der Waals surface area (Å²) < 4.78 is 0. The molecule has 4 unspecified atom stereocenters. The molecule has 4 atom stereocenters. The maximum Gasteiger partial charge on any atom is 0.0745 e. The number of aliphatic hydroxyl groups excluding tert-OH is 1. The van der Waals surface area contributed by atoms with Gasteiger partial charge in [-0.15, -0.1) is 0 Å². The minimum Gasteiger partial charge on any atom is -0.389 e. The maximum absolute atomic E-state index is 9.79. The second-order valence-electron chi connectivity index (χ2n) is 5.51. The minimum atomic E-state index is -0.245. The number of rotatable bonds is 3. The van der Waals surface area contributed by atoms with Crippen molar-refractivity contribution in [3.63, 3.8) is 0 Å². The molecule has 0 aromatic heterocycles. The van der Waals surface area contributed by atoms with Gasteiger partial charge in [-0.1, -0.05) is 32.1 Å². The Morgan fingerprint density at radius 1 is 1.60 bits per heavy atom. The van der Waals surface area contributed by atoms with E-state index in [1.54, 1.807) is 0 Å². The molecule has 1 N–H and O–H groups in total. The highest BCUT2D eigenvalue weighted by atomic mass is 16.3. The van der Waals surface area contributed by atoms with Gasteiger partial charge >= 0.3 is 0 Å². The molecule has 1 saturated carbocycles. The van der Waals surface area contributed by atoms with E-state index in [0.29, 0.717) is 11.3 Å². The fourth-order valence-corrected chi connectivity index (χ4v) is 3.24. The van der Waals surface area contributed by atoms with Crippen LogP contribution in [0.4, 0.5) is 0 Å². The lowest BCUT2D eigenvalue weighted by Gasteiger charge is -2.29. The van der Waals surface area contributed by atoms with E-state index in [9.17, 15) is 5.11 Å². The van der Waals surface area contributed by atoms with Crippen LogP contribution >= 0.6 is 0 Å². The third-order valence-corrected chi connectivity index (χ3v) is 4.19. The number of fused-ring (bicyclic) bond motifs is 2. The summed E-state index contributed by atoms with van der Waals surface area (Å²) >= 11 is 0. The first-order chi connectivity index (χ1) is 7.05. The third kappa shape index (κ3) is 1.90. The van der Waals surface area contributed by atoms with Crippen molar-refractivity contribution in [2.75, 3.05) is 0 Å². The summed E-state index contributed by atoms with van der Waals surface area (Å²) in [6.45, 7) is 6.44. The summed E-state index contributed by atoms with van der Waals surface area (Å²) in [6.07, 6.45) is 10.2. The van der Waals surface area contributed by atoms with Gasteiger partial charge in [0.2, 0.25) is 0 Å². The predicted octanol–water partition coefficient (Wildman–Crippen LogP) is 3.31. The Labute approximate surface area is 92.9 Å². The van der Waals surface area contributed by atoms with Crippen molar-refractivity contribution in [3.05, 3.63) is 23.8 Å². The Kier molecular flexibility index (Phi) is 2.76. The Hall–Kier alpha value is -0.560. The molecule has 2 aliphatic rings. The van der Waals surface area contributed by atoms with Crippen molar-refractivity contribution < 1.29 is 5.11 Å². The molecule has 2 rings (SSSR count). The Morgan fingerprint density at radius 3 is 2.80 bits per heavy atom. The number of hydrogen-bond acceptors (Lipinski definition) is 1. The molecule has 0 aromatic carbocycles. The largest absolute Gasteiger partial charge is 0.389 e. The lowest BCUT2D eigenvalue weighted by molar-refractivity contribution is 0.202. The van der Waals surface area contributed by atoms with Crippen LogP contribution < -0.4 is 0 Å². The highest BCUT2D eigenvalue weighted by Gasteiger charge is 2.43. The van der Waals surface area contributed by atoms with E-state index < -0.39 is 0 Å². The molecule has 0 saturated heterocycles. The molecular weight excluding hydrogens is 184 g/mol. The van der Waals surface area contributed by atoms with Gasteiger partial charge in [0.05, 0.1) is 6.10 Å². The third-order valence-electron chi connectivity index (χ3n) is 4.19. The number of hydrogen-bond donors (Lipinski definition) is 1. The van der Waals surface area contributed by atoms with E-state index in [1.165, 1.54) is 12.8 Å². The zero-order valence-corrected chi connectivity index (χ0v) is 10.0. The average molecular weight is 206 g/mol. The van der Waals surface area contributed by atoms with Crippen molar-refractivity contribution in [2.24, 2.45) is 17.3 Å². The van der Waals surface area contributed by atoms with Crippen molar-refractivity contribution in [3.8, 4) is 0 Å². The van der Waals surface area contributed by atoms with Gasteiger partial charge in [-0.2, -0.15) is 0 Å². The first-order valence-electron chi connectivity index (χ1n) is 6.11. The normalized spacial score (nSPS) is 41.2. The second kappa shape index (κ2) is 3.79. The molecule has 0 heterocycles. The SMILES string of the molecule is CCC(O)/C(C)=C/C1(C)CC2C=CC1C2. The predicted molar refractivity (Wildman–Crippen MR) is 63.5 cm³/mol. The molecule has 0 aromatic rings. The van der Waals surface area contributed by atoms with Crippen molar-refractivity contribution in [1.29, 1.82) is 0 Å². The van der Waals surface area contributed by atoms with Gasteiger partial charge in [0.25, 0.3) is 0 Å². The molecule has 1 nitrogen and oxygen atoms in total. The minimum absolute atomic E-state index is 0.245. The summed E-state index contributed by atoms with van der Waals surface area (Å²) in [7, 11) is 0. The molecule has 15 heavy (non-hydrogen) atoms. The van der Waals surface area contributed by atoms with Crippen LogP contribution in [0.15, 0.2) is 23.8 Å². The summed E-state index contributed by atoms with van der Waals surface area (Å²) in [5.74, 6) is 1.50. The lowest BCUT2D eigenvalue weighted by atomic mass is 9.76. The van der Waals surface area contributed by atoms with Crippen LogP contribution in [0, 0.1) is 17.3 Å². The summed E-state index contributed by atoms with van der Waals surface area (Å²) in [5.41, 5.74) is 1.46. The van der Waals surface area contributed by atoms with Crippen molar-refractivity contribution >= 4 is 0 Å². The molecule has 0 radical (unpaired) electrons. The van der Waals surface area contributed by atoms with Gasteiger partial charge in [0, 0.05) is 0 Å². The zero-order chi connectivity index (χ0) is 11.1. The van der Waals surface area contributed by atoms with Crippen LogP contribution in [0.3, 0.4) is 0 Å². The van der Waals surface area contributed by atoms with E-state index in [4.69, 9.17) is 0 Å². The van der Waals surface area contributed by atoms with Crippen LogP contribution in [0.1, 0.15) is 40.0 Å². The van der Waals surface area contributed by atoms with E-state index in [2.05, 4.69) is 32.1 Å². The van der Waals surface area contributed by atoms with E-state index in [0.717, 1.165) is 17.9 Å². The summed E-state index contributed by atoms with van der Waals surface area (Å²) in [5, 5.41) is 9.79. The molecule has 0 aliphatic heterocycles. The first kappa shape index (κ1) is 10.9. The Bertz CT molecular complexity index is 302. The van der Waals surface area contributed by atoms with E-state index in [-0.39, 0.29) is 6.10 Å². The van der Waals surface area contributed by atoms with Gasteiger partial charge in [-0.25, -0.2) is 0 Å². The fraction of sp³-hybridized carbons (Fsp3) is 0.714. The highest BCUT2D eigenvalue weighted by Crippen LogP contribution is 2.53. The van der Waals surface area contributed by atoms with Gasteiger partial charge < -0.3 is 5.11 Å². The van der Waals surface area contributed by atoms with Crippen LogP contribution in [0.25, 0.3) is 0 Å².